The highest BCUT2D eigenvalue weighted by Crippen LogP contribution is 2.25. The van der Waals surface area contributed by atoms with Crippen LogP contribution in [-0.4, -0.2) is 10.9 Å². The fraction of sp³-hybridized carbons (Fsp3) is 0.167. The summed E-state index contributed by atoms with van der Waals surface area (Å²) in [6.45, 7) is 1.82. The molecular formula is C12H11Cl2N3OS. The van der Waals surface area contributed by atoms with E-state index in [1.165, 1.54) is 11.3 Å². The van der Waals surface area contributed by atoms with Gasteiger partial charge in [0.15, 0.2) is 0 Å². The van der Waals surface area contributed by atoms with Crippen molar-refractivity contribution >= 4 is 46.1 Å². The van der Waals surface area contributed by atoms with Crippen LogP contribution in [0.1, 0.15) is 28.5 Å². The Bertz CT molecular complexity index is 613. The van der Waals surface area contributed by atoms with E-state index < -0.39 is 0 Å². The summed E-state index contributed by atoms with van der Waals surface area (Å²) in [7, 11) is 0. The molecule has 0 saturated heterocycles. The maximum absolute atomic E-state index is 12.0. The number of benzene rings is 1. The van der Waals surface area contributed by atoms with E-state index in [0.29, 0.717) is 21.4 Å². The predicted molar refractivity (Wildman–Crippen MR) is 79.1 cm³/mol. The molecule has 0 bridgehead atoms. The van der Waals surface area contributed by atoms with Crippen molar-refractivity contribution in [2.24, 2.45) is 5.73 Å². The van der Waals surface area contributed by atoms with Crippen molar-refractivity contribution in [1.29, 1.82) is 0 Å². The zero-order chi connectivity index (χ0) is 14.0. The van der Waals surface area contributed by atoms with Crippen molar-refractivity contribution in [2.45, 2.75) is 13.0 Å². The molecule has 0 aliphatic heterocycles. The molecule has 1 atom stereocenters. The number of carbonyl (C=O) groups excluding carboxylic acids is 1. The van der Waals surface area contributed by atoms with Crippen LogP contribution in [0.3, 0.4) is 0 Å². The molecule has 1 aromatic heterocycles. The molecule has 3 N–H and O–H groups in total. The summed E-state index contributed by atoms with van der Waals surface area (Å²) in [6.07, 6.45) is 0. The van der Waals surface area contributed by atoms with Gasteiger partial charge in [-0.1, -0.05) is 23.2 Å². The minimum atomic E-state index is -0.304. The van der Waals surface area contributed by atoms with Gasteiger partial charge in [-0.25, -0.2) is 4.98 Å². The van der Waals surface area contributed by atoms with E-state index in [0.717, 1.165) is 5.01 Å². The van der Waals surface area contributed by atoms with Crippen LogP contribution in [0.4, 0.5) is 5.69 Å². The van der Waals surface area contributed by atoms with Gasteiger partial charge in [0.25, 0.3) is 5.91 Å². The van der Waals surface area contributed by atoms with Crippen molar-refractivity contribution in [3.05, 3.63) is 44.3 Å². The van der Waals surface area contributed by atoms with Crippen molar-refractivity contribution in [1.82, 2.24) is 4.98 Å². The number of hydrogen-bond donors (Lipinski definition) is 2. The molecule has 0 saturated carbocycles. The number of rotatable bonds is 3. The Labute approximate surface area is 124 Å². The summed E-state index contributed by atoms with van der Waals surface area (Å²) in [6, 6.07) is 4.69. The summed E-state index contributed by atoms with van der Waals surface area (Å²) in [5.74, 6) is -0.304. The average molecular weight is 316 g/mol. The first-order chi connectivity index (χ1) is 8.97. The first-order valence-electron chi connectivity index (χ1n) is 5.45. The van der Waals surface area contributed by atoms with Gasteiger partial charge in [0.1, 0.15) is 10.7 Å². The number of halogens is 2. The van der Waals surface area contributed by atoms with Crippen LogP contribution < -0.4 is 11.1 Å². The molecule has 0 aliphatic carbocycles. The highest BCUT2D eigenvalue weighted by molar-refractivity contribution is 7.09. The zero-order valence-corrected chi connectivity index (χ0v) is 12.3. The Morgan fingerprint density at radius 1 is 1.42 bits per heavy atom. The number of anilines is 1. The lowest BCUT2D eigenvalue weighted by Gasteiger charge is -2.04. The zero-order valence-electron chi connectivity index (χ0n) is 9.98. The van der Waals surface area contributed by atoms with Crippen LogP contribution >= 0.6 is 34.5 Å². The lowest BCUT2D eigenvalue weighted by Crippen LogP contribution is -2.13. The second-order valence-electron chi connectivity index (χ2n) is 3.94. The molecule has 0 aliphatic rings. The van der Waals surface area contributed by atoms with Crippen molar-refractivity contribution in [3.8, 4) is 0 Å². The molecule has 2 aromatic rings. The number of amides is 1. The van der Waals surface area contributed by atoms with E-state index >= 15 is 0 Å². The molecule has 0 spiro atoms. The molecule has 0 radical (unpaired) electrons. The Morgan fingerprint density at radius 3 is 2.74 bits per heavy atom. The number of nitrogens with two attached hydrogens (primary N) is 1. The number of carbonyl (C=O) groups is 1. The van der Waals surface area contributed by atoms with Crippen molar-refractivity contribution < 1.29 is 4.79 Å². The summed E-state index contributed by atoms with van der Waals surface area (Å²) in [4.78, 5) is 16.1. The normalized spacial score (nSPS) is 12.2. The first-order valence-corrected chi connectivity index (χ1v) is 7.08. The van der Waals surface area contributed by atoms with Gasteiger partial charge < -0.3 is 11.1 Å². The van der Waals surface area contributed by atoms with E-state index in [2.05, 4.69) is 10.3 Å². The standard InChI is InChI=1S/C12H11Cl2N3OS/c1-6(15)12-17-10(5-19-12)11(18)16-7-2-3-8(13)9(14)4-7/h2-6H,15H2,1H3,(H,16,18). The van der Waals surface area contributed by atoms with Gasteiger partial charge in [0, 0.05) is 11.1 Å². The van der Waals surface area contributed by atoms with Gasteiger partial charge >= 0.3 is 0 Å². The highest BCUT2D eigenvalue weighted by Gasteiger charge is 2.13. The van der Waals surface area contributed by atoms with Crippen LogP contribution in [0, 0.1) is 0 Å². The Morgan fingerprint density at radius 2 is 2.16 bits per heavy atom. The maximum Gasteiger partial charge on any atom is 0.275 e. The Hall–Kier alpha value is -1.14. The van der Waals surface area contributed by atoms with Crippen LogP contribution in [0.25, 0.3) is 0 Å². The molecule has 2 rings (SSSR count). The molecule has 0 fully saturated rings. The van der Waals surface area contributed by atoms with Gasteiger partial charge in [-0.15, -0.1) is 11.3 Å². The third kappa shape index (κ3) is 3.45. The molecule has 7 heteroatoms. The van der Waals surface area contributed by atoms with Crippen LogP contribution in [0.2, 0.25) is 10.0 Å². The van der Waals surface area contributed by atoms with Gasteiger partial charge in [-0.3, -0.25) is 4.79 Å². The number of hydrogen-bond acceptors (Lipinski definition) is 4. The van der Waals surface area contributed by atoms with Gasteiger partial charge in [-0.05, 0) is 25.1 Å². The molecule has 19 heavy (non-hydrogen) atoms. The number of nitrogens with one attached hydrogen (secondary N) is 1. The Kier molecular flexibility index (Phi) is 4.42. The predicted octanol–water partition coefficient (Wildman–Crippen LogP) is 3.72. The largest absolute Gasteiger partial charge is 0.322 e. The number of nitrogens with zero attached hydrogens (tertiary/aromatic N) is 1. The third-order valence-electron chi connectivity index (χ3n) is 2.32. The summed E-state index contributed by atoms with van der Waals surface area (Å²) >= 11 is 13.0. The molecule has 1 heterocycles. The molecule has 1 amide bonds. The smallest absolute Gasteiger partial charge is 0.275 e. The lowest BCUT2D eigenvalue weighted by molar-refractivity contribution is 0.102. The monoisotopic (exact) mass is 315 g/mol. The molecule has 4 nitrogen and oxygen atoms in total. The van der Waals surface area contributed by atoms with Crippen LogP contribution in [0.5, 0.6) is 0 Å². The molecule has 1 unspecified atom stereocenters. The van der Waals surface area contributed by atoms with Crippen LogP contribution in [0.15, 0.2) is 23.6 Å². The second-order valence-corrected chi connectivity index (χ2v) is 5.65. The number of aromatic nitrogens is 1. The molecule has 1 aromatic carbocycles. The highest BCUT2D eigenvalue weighted by atomic mass is 35.5. The van der Waals surface area contributed by atoms with E-state index in [-0.39, 0.29) is 11.9 Å². The van der Waals surface area contributed by atoms with E-state index in [9.17, 15) is 4.79 Å². The van der Waals surface area contributed by atoms with E-state index in [1.807, 2.05) is 6.92 Å². The second kappa shape index (κ2) is 5.88. The quantitative estimate of drug-likeness (QED) is 0.907. The number of thiazole rings is 1. The maximum atomic E-state index is 12.0. The molecule has 100 valence electrons. The van der Waals surface area contributed by atoms with E-state index in [1.54, 1.807) is 23.6 Å². The SMILES string of the molecule is CC(N)c1nc(C(=O)Nc2ccc(Cl)c(Cl)c2)cs1. The van der Waals surface area contributed by atoms with Gasteiger partial charge in [-0.2, -0.15) is 0 Å². The van der Waals surface area contributed by atoms with Gasteiger partial charge in [0.05, 0.1) is 16.1 Å². The minimum Gasteiger partial charge on any atom is -0.322 e. The molecular weight excluding hydrogens is 305 g/mol. The third-order valence-corrected chi connectivity index (χ3v) is 4.11. The van der Waals surface area contributed by atoms with Gasteiger partial charge in [0.2, 0.25) is 0 Å². The fourth-order valence-electron chi connectivity index (χ4n) is 1.37. The van der Waals surface area contributed by atoms with Crippen LogP contribution in [-0.2, 0) is 0 Å². The fourth-order valence-corrected chi connectivity index (χ4v) is 2.43. The van der Waals surface area contributed by atoms with Crippen molar-refractivity contribution in [2.75, 3.05) is 5.32 Å². The Balaban J connectivity index is 2.13. The topological polar surface area (TPSA) is 68.0 Å². The summed E-state index contributed by atoms with van der Waals surface area (Å²) < 4.78 is 0. The first kappa shape index (κ1) is 14.3. The minimum absolute atomic E-state index is 0.184. The van der Waals surface area contributed by atoms with E-state index in [4.69, 9.17) is 28.9 Å². The van der Waals surface area contributed by atoms with Crippen molar-refractivity contribution in [3.63, 3.8) is 0 Å². The average Bonchev–Trinajstić information content (AvgIpc) is 2.83. The summed E-state index contributed by atoms with van der Waals surface area (Å²) in [5, 5.41) is 5.91. The summed E-state index contributed by atoms with van der Waals surface area (Å²) in [5.41, 5.74) is 6.60. The lowest BCUT2D eigenvalue weighted by atomic mass is 10.3.